The second-order valence-corrected chi connectivity index (χ2v) is 5.44. The van der Waals surface area contributed by atoms with Crippen LogP contribution in [0.1, 0.15) is 24.4 Å². The van der Waals surface area contributed by atoms with E-state index in [0.29, 0.717) is 5.56 Å². The van der Waals surface area contributed by atoms with Crippen molar-refractivity contribution in [3.05, 3.63) is 18.0 Å². The lowest BCUT2D eigenvalue weighted by molar-refractivity contribution is -0.139. The molecule has 0 saturated carbocycles. The average molecular weight is 295 g/mol. The molecule has 0 aliphatic carbocycles. The van der Waals surface area contributed by atoms with Crippen molar-refractivity contribution in [3.63, 3.8) is 0 Å². The number of aliphatic carboxylic acids is 1. The number of rotatable bonds is 4. The van der Waals surface area contributed by atoms with Crippen LogP contribution in [0.3, 0.4) is 0 Å². The van der Waals surface area contributed by atoms with Crippen LogP contribution in [0, 0.1) is 0 Å². The lowest BCUT2D eigenvalue weighted by atomic mass is 10.1. The van der Waals surface area contributed by atoms with Crippen LogP contribution in [0.25, 0.3) is 0 Å². The van der Waals surface area contributed by atoms with Gasteiger partial charge in [0.25, 0.3) is 0 Å². The third-order valence-corrected chi connectivity index (χ3v) is 3.54. The minimum Gasteiger partial charge on any atom is -0.479 e. The van der Waals surface area contributed by atoms with Crippen molar-refractivity contribution < 1.29 is 14.7 Å². The summed E-state index contributed by atoms with van der Waals surface area (Å²) in [7, 11) is 3.70. The second kappa shape index (κ2) is 6.57. The number of piperidine rings is 1. The monoisotopic (exact) mass is 295 g/mol. The second-order valence-electron chi connectivity index (χ2n) is 5.44. The van der Waals surface area contributed by atoms with Gasteiger partial charge in [-0.2, -0.15) is 5.10 Å². The summed E-state index contributed by atoms with van der Waals surface area (Å²) < 4.78 is 1.50. The molecule has 1 aromatic heterocycles. The van der Waals surface area contributed by atoms with Crippen LogP contribution in [0.5, 0.6) is 0 Å². The van der Waals surface area contributed by atoms with E-state index in [1.54, 1.807) is 13.2 Å². The molecule has 0 aromatic carbocycles. The maximum Gasteiger partial charge on any atom is 0.331 e. The maximum atomic E-state index is 12.0. The van der Waals surface area contributed by atoms with Gasteiger partial charge in [0.2, 0.25) is 0 Å². The third-order valence-electron chi connectivity index (χ3n) is 3.54. The standard InChI is InChI=1S/C13H21N5O3/c1-17-5-3-4-10(8-17)15-13(21)16-11(12(19)20)9-6-14-18(2)7-9/h6-7,10-11H,3-5,8H2,1-2H3,(H,19,20)(H2,15,16,21). The summed E-state index contributed by atoms with van der Waals surface area (Å²) in [4.78, 5) is 25.4. The summed E-state index contributed by atoms with van der Waals surface area (Å²) in [5, 5.41) is 18.5. The molecule has 3 N–H and O–H groups in total. The van der Waals surface area contributed by atoms with Crippen LogP contribution in [-0.2, 0) is 11.8 Å². The van der Waals surface area contributed by atoms with Gasteiger partial charge in [0.1, 0.15) is 0 Å². The quantitative estimate of drug-likeness (QED) is 0.722. The first-order chi connectivity index (χ1) is 9.95. The predicted octanol–water partition coefficient (Wildman–Crippen LogP) is -0.0608. The summed E-state index contributed by atoms with van der Waals surface area (Å²) >= 11 is 0. The number of likely N-dealkylation sites (N-methyl/N-ethyl adjacent to an activating group) is 1. The number of hydrogen-bond donors (Lipinski definition) is 3. The molecule has 2 atom stereocenters. The van der Waals surface area contributed by atoms with Crippen molar-refractivity contribution in [2.24, 2.45) is 7.05 Å². The molecular formula is C13H21N5O3. The van der Waals surface area contributed by atoms with Gasteiger partial charge in [-0.25, -0.2) is 9.59 Å². The molecule has 1 saturated heterocycles. The summed E-state index contributed by atoms with van der Waals surface area (Å²) in [6, 6.07) is -1.52. The molecule has 1 aliphatic heterocycles. The van der Waals surface area contributed by atoms with Gasteiger partial charge in [-0.1, -0.05) is 0 Å². The number of aromatic nitrogens is 2. The van der Waals surface area contributed by atoms with Crippen LogP contribution < -0.4 is 10.6 Å². The number of carbonyl (C=O) groups excluding carboxylic acids is 1. The first-order valence-electron chi connectivity index (χ1n) is 6.92. The number of aryl methyl sites for hydroxylation is 1. The molecule has 8 heteroatoms. The Bertz CT molecular complexity index is 516. The molecule has 2 rings (SSSR count). The summed E-state index contributed by atoms with van der Waals surface area (Å²) in [5.74, 6) is -1.11. The van der Waals surface area contributed by atoms with Gasteiger partial charge < -0.3 is 20.6 Å². The number of amides is 2. The zero-order chi connectivity index (χ0) is 15.4. The van der Waals surface area contributed by atoms with E-state index in [0.717, 1.165) is 25.9 Å². The van der Waals surface area contributed by atoms with Crippen molar-refractivity contribution >= 4 is 12.0 Å². The predicted molar refractivity (Wildman–Crippen MR) is 75.8 cm³/mol. The van der Waals surface area contributed by atoms with E-state index < -0.39 is 18.0 Å². The molecule has 2 amide bonds. The highest BCUT2D eigenvalue weighted by molar-refractivity contribution is 5.83. The summed E-state index contributed by atoms with van der Waals surface area (Å²) in [6.45, 7) is 1.80. The topological polar surface area (TPSA) is 99.5 Å². The molecule has 1 fully saturated rings. The van der Waals surface area contributed by atoms with E-state index in [-0.39, 0.29) is 6.04 Å². The van der Waals surface area contributed by atoms with Crippen molar-refractivity contribution in [3.8, 4) is 0 Å². The Morgan fingerprint density at radius 1 is 1.48 bits per heavy atom. The largest absolute Gasteiger partial charge is 0.479 e. The molecule has 1 aliphatic rings. The van der Waals surface area contributed by atoms with E-state index in [1.165, 1.54) is 10.9 Å². The molecular weight excluding hydrogens is 274 g/mol. The fourth-order valence-electron chi connectivity index (χ4n) is 2.52. The Kier molecular flexibility index (Phi) is 4.79. The number of nitrogens with zero attached hydrogens (tertiary/aromatic N) is 3. The first kappa shape index (κ1) is 15.3. The zero-order valence-electron chi connectivity index (χ0n) is 12.2. The van der Waals surface area contributed by atoms with E-state index >= 15 is 0 Å². The van der Waals surface area contributed by atoms with Crippen molar-refractivity contribution in [2.75, 3.05) is 20.1 Å². The van der Waals surface area contributed by atoms with Gasteiger partial charge in [0.15, 0.2) is 6.04 Å². The molecule has 2 unspecified atom stereocenters. The van der Waals surface area contributed by atoms with Crippen molar-refractivity contribution in [1.82, 2.24) is 25.3 Å². The van der Waals surface area contributed by atoms with E-state index in [2.05, 4.69) is 20.6 Å². The SMILES string of the molecule is CN1CCCC(NC(=O)NC(C(=O)O)c2cnn(C)c2)C1. The van der Waals surface area contributed by atoms with E-state index in [4.69, 9.17) is 0 Å². The van der Waals surface area contributed by atoms with Gasteiger partial charge in [-0.05, 0) is 26.4 Å². The number of urea groups is 1. The Labute approximate surface area is 123 Å². The Morgan fingerprint density at radius 3 is 2.81 bits per heavy atom. The number of carboxylic acids is 1. The fraction of sp³-hybridized carbons (Fsp3) is 0.615. The molecule has 0 radical (unpaired) electrons. The molecule has 21 heavy (non-hydrogen) atoms. The van der Waals surface area contributed by atoms with Crippen LogP contribution in [0.4, 0.5) is 4.79 Å². The van der Waals surface area contributed by atoms with Crippen LogP contribution in [0.15, 0.2) is 12.4 Å². The smallest absolute Gasteiger partial charge is 0.331 e. The Hall–Kier alpha value is -2.09. The third kappa shape index (κ3) is 4.19. The number of nitrogens with one attached hydrogen (secondary N) is 2. The van der Waals surface area contributed by atoms with Gasteiger partial charge in [0.05, 0.1) is 6.20 Å². The highest BCUT2D eigenvalue weighted by Gasteiger charge is 2.25. The van der Waals surface area contributed by atoms with Crippen LogP contribution >= 0.6 is 0 Å². The Morgan fingerprint density at radius 2 is 2.24 bits per heavy atom. The minimum atomic E-state index is -1.11. The average Bonchev–Trinajstić information content (AvgIpc) is 2.82. The lowest BCUT2D eigenvalue weighted by Crippen LogP contribution is -2.50. The highest BCUT2D eigenvalue weighted by Crippen LogP contribution is 2.12. The molecule has 0 spiro atoms. The molecule has 1 aromatic rings. The fourth-order valence-corrected chi connectivity index (χ4v) is 2.52. The van der Waals surface area contributed by atoms with Crippen molar-refractivity contribution in [1.29, 1.82) is 0 Å². The Balaban J connectivity index is 1.94. The zero-order valence-corrected chi connectivity index (χ0v) is 12.2. The molecule has 2 heterocycles. The normalized spacial score (nSPS) is 20.8. The minimum absolute atomic E-state index is 0.0482. The maximum absolute atomic E-state index is 12.0. The van der Waals surface area contributed by atoms with Gasteiger partial charge >= 0.3 is 12.0 Å². The van der Waals surface area contributed by atoms with Gasteiger partial charge in [0, 0.05) is 31.4 Å². The van der Waals surface area contributed by atoms with Gasteiger partial charge in [-0.15, -0.1) is 0 Å². The van der Waals surface area contributed by atoms with Crippen molar-refractivity contribution in [2.45, 2.75) is 24.9 Å². The number of hydrogen-bond acceptors (Lipinski definition) is 4. The highest BCUT2D eigenvalue weighted by atomic mass is 16.4. The number of likely N-dealkylation sites (tertiary alicyclic amines) is 1. The van der Waals surface area contributed by atoms with Crippen LogP contribution in [-0.4, -0.2) is 58.0 Å². The van der Waals surface area contributed by atoms with E-state index in [1.807, 2.05) is 7.05 Å². The molecule has 116 valence electrons. The summed E-state index contributed by atoms with van der Waals surface area (Å²) in [6.07, 6.45) is 4.94. The molecule has 8 nitrogen and oxygen atoms in total. The molecule has 0 bridgehead atoms. The number of carbonyl (C=O) groups is 2. The lowest BCUT2D eigenvalue weighted by Gasteiger charge is -2.30. The number of carboxylic acid groups (broad SMARTS) is 1. The van der Waals surface area contributed by atoms with E-state index in [9.17, 15) is 14.7 Å². The first-order valence-corrected chi connectivity index (χ1v) is 6.92. The van der Waals surface area contributed by atoms with Gasteiger partial charge in [-0.3, -0.25) is 4.68 Å². The van der Waals surface area contributed by atoms with Crippen LogP contribution in [0.2, 0.25) is 0 Å². The summed E-state index contributed by atoms with van der Waals surface area (Å²) in [5.41, 5.74) is 0.445.